The predicted molar refractivity (Wildman–Crippen MR) is 79.1 cm³/mol. The molecule has 1 N–H and O–H groups in total. The minimum Gasteiger partial charge on any atom is -0.346 e. The molecule has 124 valence electrons. The molecule has 3 rings (SSSR count). The fourth-order valence-electron chi connectivity index (χ4n) is 1.78. The monoisotopic (exact) mass is 353 g/mol. The van der Waals surface area contributed by atoms with Gasteiger partial charge in [-0.15, -0.1) is 0 Å². The van der Waals surface area contributed by atoms with Crippen LogP contribution in [0.25, 0.3) is 11.4 Å². The molecule has 0 amide bonds. The normalized spacial score (nSPS) is 12.8. The first-order chi connectivity index (χ1) is 11.4. The van der Waals surface area contributed by atoms with Crippen LogP contribution in [0.1, 0.15) is 24.6 Å². The van der Waals surface area contributed by atoms with Crippen molar-refractivity contribution < 1.29 is 13.3 Å². The maximum atomic E-state index is 12.9. The molecule has 0 bridgehead atoms. The average Bonchev–Trinajstić information content (AvgIpc) is 3.07. The van der Waals surface area contributed by atoms with Crippen LogP contribution in [0.2, 0.25) is 0 Å². The number of anilines is 1. The third-order valence-electron chi connectivity index (χ3n) is 2.95. The lowest BCUT2D eigenvalue weighted by molar-refractivity contribution is 0.0551. The minimum atomic E-state index is -3.72. The van der Waals surface area contributed by atoms with Crippen molar-refractivity contribution in [1.82, 2.24) is 30.1 Å². The smallest absolute Gasteiger partial charge is 0.346 e. The lowest BCUT2D eigenvalue weighted by Gasteiger charge is -2.12. The Morgan fingerprint density at radius 1 is 1.17 bits per heavy atom. The van der Waals surface area contributed by atoms with Gasteiger partial charge in [-0.05, 0) is 18.5 Å². The van der Waals surface area contributed by atoms with E-state index < -0.39 is 11.3 Å². The molecule has 1 atom stereocenters. The molecular weight excluding hydrogens is 344 g/mol. The Balaban J connectivity index is 1.73. The van der Waals surface area contributed by atoms with E-state index in [9.17, 15) is 8.78 Å². The van der Waals surface area contributed by atoms with Crippen LogP contribution >= 0.6 is 11.6 Å². The zero-order chi connectivity index (χ0) is 17.2. The highest BCUT2D eigenvalue weighted by atomic mass is 35.5. The number of hydrogen-bond donors (Lipinski definition) is 1. The summed E-state index contributed by atoms with van der Waals surface area (Å²) in [7, 11) is 0. The molecule has 0 fully saturated rings. The summed E-state index contributed by atoms with van der Waals surface area (Å²) in [6.07, 6.45) is 7.53. The Kier molecular flexibility index (Phi) is 4.30. The van der Waals surface area contributed by atoms with Gasteiger partial charge >= 0.3 is 11.3 Å². The molecule has 0 aliphatic rings. The van der Waals surface area contributed by atoms with E-state index >= 15 is 0 Å². The van der Waals surface area contributed by atoms with Gasteiger partial charge in [0.2, 0.25) is 11.8 Å². The number of aromatic nitrogens is 6. The van der Waals surface area contributed by atoms with E-state index in [4.69, 9.17) is 11.6 Å². The van der Waals surface area contributed by atoms with Gasteiger partial charge in [0, 0.05) is 24.8 Å². The Bertz CT molecular complexity index is 807. The Morgan fingerprint density at radius 2 is 1.92 bits per heavy atom. The largest absolute Gasteiger partial charge is 0.400 e. The van der Waals surface area contributed by atoms with E-state index in [1.54, 1.807) is 18.6 Å². The van der Waals surface area contributed by atoms with Crippen molar-refractivity contribution >= 4 is 17.5 Å². The minimum absolute atomic E-state index is 0.0844. The lowest BCUT2D eigenvalue weighted by Crippen LogP contribution is -2.11. The summed E-state index contributed by atoms with van der Waals surface area (Å²) in [5.41, 5.74) is 1.03. The summed E-state index contributed by atoms with van der Waals surface area (Å²) in [4.78, 5) is 19.8. The van der Waals surface area contributed by atoms with Crippen molar-refractivity contribution in [3.05, 3.63) is 42.6 Å². The standard InChI is InChI=1S/C13H10ClF2N7O/c1-7(9-6-17-2-3-18-9)21-12-19-4-8(5-20-12)10-22-11(24-23-10)13(14,15)16/h2-7H,1H3,(H,19,20,21). The molecule has 0 aliphatic carbocycles. The van der Waals surface area contributed by atoms with Gasteiger partial charge in [0.05, 0.1) is 23.5 Å². The van der Waals surface area contributed by atoms with Crippen molar-refractivity contribution in [2.24, 2.45) is 0 Å². The highest BCUT2D eigenvalue weighted by Gasteiger charge is 2.35. The second-order valence-electron chi connectivity index (χ2n) is 4.71. The van der Waals surface area contributed by atoms with E-state index in [2.05, 4.69) is 39.9 Å². The van der Waals surface area contributed by atoms with Gasteiger partial charge in [-0.2, -0.15) is 13.8 Å². The number of hydrogen-bond acceptors (Lipinski definition) is 8. The lowest BCUT2D eigenvalue weighted by atomic mass is 10.2. The summed E-state index contributed by atoms with van der Waals surface area (Å²) in [6.45, 7) is 1.87. The van der Waals surface area contributed by atoms with Gasteiger partial charge in [0.15, 0.2) is 0 Å². The number of rotatable bonds is 5. The van der Waals surface area contributed by atoms with Crippen LogP contribution in [-0.2, 0) is 5.38 Å². The van der Waals surface area contributed by atoms with Crippen LogP contribution in [-0.4, -0.2) is 30.1 Å². The van der Waals surface area contributed by atoms with Crippen LogP contribution < -0.4 is 5.32 Å². The first kappa shape index (κ1) is 16.1. The first-order valence-electron chi connectivity index (χ1n) is 6.69. The number of alkyl halides is 3. The summed E-state index contributed by atoms with van der Waals surface area (Å²) in [5.74, 6) is -0.750. The third-order valence-corrected chi connectivity index (χ3v) is 3.11. The topological polar surface area (TPSA) is 103 Å². The maximum absolute atomic E-state index is 12.9. The molecule has 0 aliphatic heterocycles. The van der Waals surface area contributed by atoms with Gasteiger partial charge in [-0.3, -0.25) is 9.97 Å². The van der Waals surface area contributed by atoms with E-state index in [1.165, 1.54) is 12.4 Å². The molecule has 24 heavy (non-hydrogen) atoms. The van der Waals surface area contributed by atoms with Crippen molar-refractivity contribution in [1.29, 1.82) is 0 Å². The average molecular weight is 354 g/mol. The highest BCUT2D eigenvalue weighted by Crippen LogP contribution is 2.31. The van der Waals surface area contributed by atoms with Gasteiger partial charge in [-0.25, -0.2) is 9.97 Å². The fraction of sp³-hybridized carbons (Fsp3) is 0.231. The molecule has 8 nitrogen and oxygen atoms in total. The fourth-order valence-corrected chi connectivity index (χ4v) is 1.85. The molecular formula is C13H10ClF2N7O. The van der Waals surface area contributed by atoms with Crippen LogP contribution in [0.3, 0.4) is 0 Å². The SMILES string of the molecule is CC(Nc1ncc(-c2noc(C(F)(F)Cl)n2)cn1)c1cnccn1. The zero-order valence-corrected chi connectivity index (χ0v) is 12.9. The van der Waals surface area contributed by atoms with Gasteiger partial charge in [0.25, 0.3) is 0 Å². The molecule has 3 aromatic heterocycles. The molecule has 11 heteroatoms. The molecule has 0 radical (unpaired) electrons. The predicted octanol–water partition coefficient (Wildman–Crippen LogP) is 2.78. The van der Waals surface area contributed by atoms with Crippen molar-refractivity contribution in [3.63, 3.8) is 0 Å². The number of nitrogens with zero attached hydrogens (tertiary/aromatic N) is 6. The quantitative estimate of drug-likeness (QED) is 0.698. The van der Waals surface area contributed by atoms with Crippen LogP contribution in [0.4, 0.5) is 14.7 Å². The second kappa shape index (κ2) is 6.40. The highest BCUT2D eigenvalue weighted by molar-refractivity contribution is 6.21. The van der Waals surface area contributed by atoms with Crippen LogP contribution in [0, 0.1) is 0 Å². The number of nitrogens with one attached hydrogen (secondary N) is 1. The van der Waals surface area contributed by atoms with Gasteiger partial charge in [0.1, 0.15) is 0 Å². The maximum Gasteiger partial charge on any atom is 0.400 e. The van der Waals surface area contributed by atoms with E-state index in [0.717, 1.165) is 5.69 Å². The van der Waals surface area contributed by atoms with Gasteiger partial charge in [-0.1, -0.05) is 5.16 Å². The van der Waals surface area contributed by atoms with Crippen molar-refractivity contribution in [3.8, 4) is 11.4 Å². The van der Waals surface area contributed by atoms with Crippen molar-refractivity contribution in [2.45, 2.75) is 18.3 Å². The first-order valence-corrected chi connectivity index (χ1v) is 7.07. The third kappa shape index (κ3) is 3.59. The van der Waals surface area contributed by atoms with Crippen LogP contribution in [0.5, 0.6) is 0 Å². The molecule has 3 heterocycles. The molecule has 0 saturated heterocycles. The summed E-state index contributed by atoms with van der Waals surface area (Å²) < 4.78 is 30.1. The Morgan fingerprint density at radius 3 is 2.50 bits per heavy atom. The van der Waals surface area contributed by atoms with E-state index in [1.807, 2.05) is 6.92 Å². The Labute approximate surface area is 139 Å². The second-order valence-corrected chi connectivity index (χ2v) is 5.19. The summed E-state index contributed by atoms with van der Waals surface area (Å²) >= 11 is 4.82. The molecule has 3 aromatic rings. The Hall–Kier alpha value is -2.75. The molecule has 0 aromatic carbocycles. The van der Waals surface area contributed by atoms with E-state index in [0.29, 0.717) is 11.5 Å². The van der Waals surface area contributed by atoms with E-state index in [-0.39, 0.29) is 11.9 Å². The van der Waals surface area contributed by atoms with Gasteiger partial charge < -0.3 is 9.84 Å². The number of halogens is 3. The zero-order valence-electron chi connectivity index (χ0n) is 12.2. The molecule has 0 saturated carbocycles. The van der Waals surface area contributed by atoms with Crippen LogP contribution in [0.15, 0.2) is 35.5 Å². The molecule has 1 unspecified atom stereocenters. The van der Waals surface area contributed by atoms with Crippen molar-refractivity contribution in [2.75, 3.05) is 5.32 Å². The molecule has 0 spiro atoms. The summed E-state index contributed by atoms with van der Waals surface area (Å²) in [6, 6.07) is -0.170. The summed E-state index contributed by atoms with van der Waals surface area (Å²) in [5, 5.41) is 2.74.